The summed E-state index contributed by atoms with van der Waals surface area (Å²) in [5.74, 6) is 1.03. The van der Waals surface area contributed by atoms with Crippen LogP contribution in [0, 0.1) is 0 Å². The Morgan fingerprint density at radius 1 is 1.25 bits per heavy atom. The third-order valence-corrected chi connectivity index (χ3v) is 5.06. The highest BCUT2D eigenvalue weighted by Gasteiger charge is 2.13. The van der Waals surface area contributed by atoms with Crippen LogP contribution in [0.15, 0.2) is 51.7 Å². The maximum atomic E-state index is 12.1. The number of nitrogens with one attached hydrogen (secondary N) is 1. The summed E-state index contributed by atoms with van der Waals surface area (Å²) in [4.78, 5) is 16.1. The van der Waals surface area contributed by atoms with E-state index < -0.39 is 10.8 Å². The van der Waals surface area contributed by atoms with Crippen molar-refractivity contribution in [1.29, 1.82) is 0 Å². The van der Waals surface area contributed by atoms with Gasteiger partial charge in [0.1, 0.15) is 5.75 Å². The molecular formula is C16H15N3O3S2. The van der Waals surface area contributed by atoms with Crippen LogP contribution in [0.1, 0.15) is 12.3 Å². The van der Waals surface area contributed by atoms with Gasteiger partial charge >= 0.3 is 0 Å². The van der Waals surface area contributed by atoms with Gasteiger partial charge in [-0.15, -0.1) is 0 Å². The van der Waals surface area contributed by atoms with Crippen molar-refractivity contribution in [2.45, 2.75) is 12.2 Å². The van der Waals surface area contributed by atoms with Gasteiger partial charge in [0.2, 0.25) is 17.6 Å². The number of anilines is 1. The van der Waals surface area contributed by atoms with Crippen molar-refractivity contribution in [2.75, 3.05) is 11.1 Å². The second kappa shape index (κ2) is 7.98. The molecule has 0 aliphatic heterocycles. The van der Waals surface area contributed by atoms with Gasteiger partial charge in [0.15, 0.2) is 0 Å². The minimum Gasteiger partial charge on any atom is -0.338 e. The summed E-state index contributed by atoms with van der Waals surface area (Å²) in [5, 5.41) is 10.5. The SMILES string of the molecule is O=C(CCS(=O)Cc1nc(-c2ccsc2)no1)Nc1ccccc1. The molecule has 1 N–H and O–H groups in total. The first-order chi connectivity index (χ1) is 11.7. The van der Waals surface area contributed by atoms with E-state index in [2.05, 4.69) is 15.5 Å². The van der Waals surface area contributed by atoms with Gasteiger partial charge in [0.05, 0.1) is 0 Å². The second-order valence-corrected chi connectivity index (χ2v) is 7.33. The Balaban J connectivity index is 1.47. The Labute approximate surface area is 145 Å². The summed E-state index contributed by atoms with van der Waals surface area (Å²) in [6.07, 6.45) is 0.174. The van der Waals surface area contributed by atoms with Gasteiger partial charge in [-0.25, -0.2) is 0 Å². The van der Waals surface area contributed by atoms with Crippen molar-refractivity contribution >= 4 is 33.7 Å². The highest BCUT2D eigenvalue weighted by atomic mass is 32.2. The zero-order chi connectivity index (χ0) is 16.8. The summed E-state index contributed by atoms with van der Waals surface area (Å²) in [6, 6.07) is 11.1. The first-order valence-corrected chi connectivity index (χ1v) is 9.69. The fourth-order valence-corrected chi connectivity index (χ4v) is 3.57. The van der Waals surface area contributed by atoms with Crippen molar-refractivity contribution in [1.82, 2.24) is 10.1 Å². The van der Waals surface area contributed by atoms with Gasteiger partial charge in [-0.05, 0) is 23.6 Å². The highest BCUT2D eigenvalue weighted by Crippen LogP contribution is 2.19. The summed E-state index contributed by atoms with van der Waals surface area (Å²) in [7, 11) is -1.24. The molecule has 0 fully saturated rings. The van der Waals surface area contributed by atoms with E-state index >= 15 is 0 Å². The summed E-state index contributed by atoms with van der Waals surface area (Å²) in [5.41, 5.74) is 1.61. The minimum atomic E-state index is -1.24. The molecule has 0 bridgehead atoms. The Hall–Kier alpha value is -2.32. The number of para-hydroxylation sites is 1. The van der Waals surface area contributed by atoms with Crippen LogP contribution in [0.5, 0.6) is 0 Å². The number of carbonyl (C=O) groups is 1. The zero-order valence-corrected chi connectivity index (χ0v) is 14.3. The first-order valence-electron chi connectivity index (χ1n) is 7.26. The molecule has 0 saturated carbocycles. The molecule has 1 atom stereocenters. The minimum absolute atomic E-state index is 0.149. The molecule has 3 aromatic rings. The van der Waals surface area contributed by atoms with Crippen molar-refractivity contribution in [2.24, 2.45) is 0 Å². The fourth-order valence-electron chi connectivity index (χ4n) is 1.98. The summed E-state index contributed by atoms with van der Waals surface area (Å²) in [6.45, 7) is 0. The maximum absolute atomic E-state index is 12.1. The number of benzene rings is 1. The molecule has 1 amide bonds. The lowest BCUT2D eigenvalue weighted by Crippen LogP contribution is -2.15. The molecule has 3 rings (SSSR count). The Bertz CT molecular complexity index is 816. The van der Waals surface area contributed by atoms with Gasteiger partial charge < -0.3 is 9.84 Å². The lowest BCUT2D eigenvalue weighted by molar-refractivity contribution is -0.115. The van der Waals surface area contributed by atoms with Gasteiger partial charge in [-0.3, -0.25) is 9.00 Å². The Morgan fingerprint density at radius 3 is 2.83 bits per heavy atom. The number of aromatic nitrogens is 2. The van der Waals surface area contributed by atoms with Crippen LogP contribution in [-0.2, 0) is 21.3 Å². The second-order valence-electron chi connectivity index (χ2n) is 4.98. The fraction of sp³-hybridized carbons (Fsp3) is 0.188. The van der Waals surface area contributed by atoms with E-state index in [0.29, 0.717) is 11.7 Å². The van der Waals surface area contributed by atoms with Gasteiger partial charge in [-0.2, -0.15) is 16.3 Å². The molecule has 0 aliphatic rings. The third kappa shape index (κ3) is 4.59. The molecule has 8 heteroatoms. The normalized spacial score (nSPS) is 12.0. The van der Waals surface area contributed by atoms with Crippen molar-refractivity contribution in [3.8, 4) is 11.4 Å². The van der Waals surface area contributed by atoms with E-state index in [1.807, 2.05) is 35.0 Å². The van der Waals surface area contributed by atoms with Crippen molar-refractivity contribution in [3.63, 3.8) is 0 Å². The molecule has 0 radical (unpaired) electrons. The van der Waals surface area contributed by atoms with Crippen LogP contribution < -0.4 is 5.32 Å². The molecule has 1 unspecified atom stereocenters. The average Bonchev–Trinajstić information content (AvgIpc) is 3.25. The third-order valence-electron chi connectivity index (χ3n) is 3.15. The molecule has 0 aliphatic carbocycles. The van der Waals surface area contributed by atoms with Gasteiger partial charge in [0, 0.05) is 39.6 Å². The molecule has 0 saturated heterocycles. The predicted molar refractivity (Wildman–Crippen MR) is 94.0 cm³/mol. The largest absolute Gasteiger partial charge is 0.338 e. The quantitative estimate of drug-likeness (QED) is 0.699. The van der Waals surface area contributed by atoms with Crippen LogP contribution in [0.2, 0.25) is 0 Å². The predicted octanol–water partition coefficient (Wildman–Crippen LogP) is 3.08. The van der Waals surface area contributed by atoms with Crippen LogP contribution in [0.4, 0.5) is 5.69 Å². The summed E-state index contributed by atoms with van der Waals surface area (Å²) >= 11 is 1.54. The van der Waals surface area contributed by atoms with Crippen molar-refractivity contribution in [3.05, 3.63) is 53.0 Å². The number of hydrogen-bond donors (Lipinski definition) is 1. The average molecular weight is 361 g/mol. The number of amides is 1. The Morgan fingerprint density at radius 2 is 2.08 bits per heavy atom. The number of nitrogens with zero attached hydrogens (tertiary/aromatic N) is 2. The van der Waals surface area contributed by atoms with E-state index in [4.69, 9.17) is 4.52 Å². The van der Waals surface area contributed by atoms with Crippen LogP contribution in [-0.4, -0.2) is 26.0 Å². The van der Waals surface area contributed by atoms with E-state index in [1.165, 1.54) is 0 Å². The topological polar surface area (TPSA) is 85.1 Å². The molecule has 2 heterocycles. The number of rotatable bonds is 7. The zero-order valence-electron chi connectivity index (χ0n) is 12.7. The van der Waals surface area contributed by atoms with Gasteiger partial charge in [0.25, 0.3) is 0 Å². The van der Waals surface area contributed by atoms with E-state index in [9.17, 15) is 9.00 Å². The molecule has 24 heavy (non-hydrogen) atoms. The van der Waals surface area contributed by atoms with E-state index in [-0.39, 0.29) is 23.8 Å². The lowest BCUT2D eigenvalue weighted by atomic mass is 10.3. The maximum Gasteiger partial charge on any atom is 0.239 e. The van der Waals surface area contributed by atoms with Crippen LogP contribution in [0.3, 0.4) is 0 Å². The highest BCUT2D eigenvalue weighted by molar-refractivity contribution is 7.84. The van der Waals surface area contributed by atoms with E-state index in [1.54, 1.807) is 23.5 Å². The molecule has 6 nitrogen and oxygen atoms in total. The molecule has 0 spiro atoms. The van der Waals surface area contributed by atoms with Crippen molar-refractivity contribution < 1.29 is 13.5 Å². The van der Waals surface area contributed by atoms with Crippen LogP contribution in [0.25, 0.3) is 11.4 Å². The molecule has 124 valence electrons. The molecule has 1 aromatic carbocycles. The Kier molecular flexibility index (Phi) is 5.50. The number of hydrogen-bond acceptors (Lipinski definition) is 6. The number of carbonyl (C=O) groups excluding carboxylic acids is 1. The van der Waals surface area contributed by atoms with Crippen LogP contribution >= 0.6 is 11.3 Å². The van der Waals surface area contributed by atoms with E-state index in [0.717, 1.165) is 11.3 Å². The smallest absolute Gasteiger partial charge is 0.239 e. The number of thiophene rings is 1. The summed E-state index contributed by atoms with van der Waals surface area (Å²) < 4.78 is 17.2. The molecular weight excluding hydrogens is 346 g/mol. The standard InChI is InChI=1S/C16H15N3O3S2/c20-14(17-13-4-2-1-3-5-13)7-9-24(21)11-15-18-16(19-22-15)12-6-8-23-10-12/h1-6,8,10H,7,9,11H2,(H,17,20). The monoisotopic (exact) mass is 361 g/mol. The lowest BCUT2D eigenvalue weighted by Gasteiger charge is -2.04. The first kappa shape index (κ1) is 16.5. The van der Waals surface area contributed by atoms with Gasteiger partial charge in [-0.1, -0.05) is 23.4 Å². The molecule has 2 aromatic heterocycles.